The minimum absolute atomic E-state index is 0.197. The van der Waals surface area contributed by atoms with Crippen LogP contribution >= 0.6 is 0 Å². The Balaban J connectivity index is 2.47. The highest BCUT2D eigenvalue weighted by atomic mass is 32.2. The van der Waals surface area contributed by atoms with Crippen molar-refractivity contribution in [3.8, 4) is 5.75 Å². The van der Waals surface area contributed by atoms with E-state index in [4.69, 9.17) is 4.74 Å². The molecule has 1 atom stereocenters. The Morgan fingerprint density at radius 3 is 2.26 bits per heavy atom. The molecule has 0 spiro atoms. The van der Waals surface area contributed by atoms with E-state index in [0.717, 1.165) is 10.6 Å². The lowest BCUT2D eigenvalue weighted by molar-refractivity contribution is -0.140. The maximum absolute atomic E-state index is 14.4. The van der Waals surface area contributed by atoms with Gasteiger partial charge in [0.25, 0.3) is 0 Å². The fourth-order valence-electron chi connectivity index (χ4n) is 3.40. The molecule has 0 fully saturated rings. The summed E-state index contributed by atoms with van der Waals surface area (Å²) in [4.78, 5) is 27.6. The van der Waals surface area contributed by atoms with E-state index >= 15 is 0 Å². The van der Waals surface area contributed by atoms with E-state index in [2.05, 4.69) is 5.32 Å². The number of halogens is 1. The van der Waals surface area contributed by atoms with Gasteiger partial charge in [-0.1, -0.05) is 30.3 Å². The van der Waals surface area contributed by atoms with Crippen LogP contribution in [0.15, 0.2) is 48.5 Å². The van der Waals surface area contributed by atoms with Gasteiger partial charge in [0.2, 0.25) is 21.8 Å². The van der Waals surface area contributed by atoms with Crippen LogP contribution in [0.1, 0.15) is 40.2 Å². The van der Waals surface area contributed by atoms with Gasteiger partial charge in [0.15, 0.2) is 0 Å². The molecule has 0 bridgehead atoms. The first kappa shape index (κ1) is 28.1. The van der Waals surface area contributed by atoms with Gasteiger partial charge in [-0.15, -0.1) is 0 Å². The minimum atomic E-state index is -3.91. The molecule has 35 heavy (non-hydrogen) atoms. The van der Waals surface area contributed by atoms with Crippen molar-refractivity contribution in [2.75, 3.05) is 23.7 Å². The van der Waals surface area contributed by atoms with Crippen LogP contribution < -0.4 is 14.4 Å². The number of para-hydroxylation sites is 2. The first-order chi connectivity index (χ1) is 16.2. The Kier molecular flexibility index (Phi) is 9.25. The summed E-state index contributed by atoms with van der Waals surface area (Å²) >= 11 is 0. The first-order valence-corrected chi connectivity index (χ1v) is 13.1. The van der Waals surface area contributed by atoms with Gasteiger partial charge < -0.3 is 15.0 Å². The number of sulfonamides is 1. The highest BCUT2D eigenvalue weighted by molar-refractivity contribution is 7.92. The van der Waals surface area contributed by atoms with Crippen LogP contribution in [-0.2, 0) is 26.2 Å². The molecule has 0 unspecified atom stereocenters. The van der Waals surface area contributed by atoms with E-state index in [1.165, 1.54) is 36.1 Å². The molecule has 0 saturated carbocycles. The van der Waals surface area contributed by atoms with Gasteiger partial charge in [-0.3, -0.25) is 13.9 Å². The van der Waals surface area contributed by atoms with Crippen molar-refractivity contribution in [1.29, 1.82) is 0 Å². The zero-order valence-corrected chi connectivity index (χ0v) is 21.9. The maximum atomic E-state index is 14.4. The summed E-state index contributed by atoms with van der Waals surface area (Å²) in [7, 11) is -3.91. The largest absolute Gasteiger partial charge is 0.492 e. The predicted octanol–water partition coefficient (Wildman–Crippen LogP) is 3.32. The number of amides is 2. The lowest BCUT2D eigenvalue weighted by Gasteiger charge is -2.33. The third kappa shape index (κ3) is 7.95. The molecule has 10 heteroatoms. The number of anilines is 1. The van der Waals surface area contributed by atoms with Crippen molar-refractivity contribution in [2.45, 2.75) is 52.7 Å². The highest BCUT2D eigenvalue weighted by Crippen LogP contribution is 2.30. The van der Waals surface area contributed by atoms with E-state index in [0.29, 0.717) is 12.4 Å². The second-order valence-corrected chi connectivity index (χ2v) is 11.1. The van der Waals surface area contributed by atoms with E-state index in [1.54, 1.807) is 52.0 Å². The molecule has 0 aliphatic heterocycles. The summed E-state index contributed by atoms with van der Waals surface area (Å²) in [6.07, 6.45) is 0.986. The summed E-state index contributed by atoms with van der Waals surface area (Å²) in [5.41, 5.74) is -0.160. The number of carbonyl (C=O) groups excluding carboxylic acids is 2. The molecule has 192 valence electrons. The second-order valence-electron chi connectivity index (χ2n) is 9.20. The highest BCUT2D eigenvalue weighted by Gasteiger charge is 2.32. The number of nitrogens with one attached hydrogen (secondary N) is 1. The number of hydrogen-bond acceptors (Lipinski definition) is 5. The summed E-state index contributed by atoms with van der Waals surface area (Å²) in [6.45, 7) is 8.19. The molecule has 0 aromatic heterocycles. The van der Waals surface area contributed by atoms with E-state index in [9.17, 15) is 22.4 Å². The fourth-order valence-corrected chi connectivity index (χ4v) is 4.26. The number of benzene rings is 2. The molecule has 0 aliphatic carbocycles. The zero-order chi connectivity index (χ0) is 26.4. The summed E-state index contributed by atoms with van der Waals surface area (Å²) in [5.74, 6) is -1.34. The van der Waals surface area contributed by atoms with Crippen LogP contribution in [0.3, 0.4) is 0 Å². The summed E-state index contributed by atoms with van der Waals surface area (Å²) in [6, 6.07) is 11.4. The third-order valence-electron chi connectivity index (χ3n) is 5.08. The van der Waals surface area contributed by atoms with Crippen LogP contribution in [0, 0.1) is 5.82 Å². The molecular formula is C25H34FN3O5S. The molecule has 0 saturated heterocycles. The van der Waals surface area contributed by atoms with Crippen molar-refractivity contribution in [1.82, 2.24) is 10.2 Å². The minimum Gasteiger partial charge on any atom is -0.492 e. The smallest absolute Gasteiger partial charge is 0.244 e. The van der Waals surface area contributed by atoms with Gasteiger partial charge in [-0.25, -0.2) is 12.8 Å². The van der Waals surface area contributed by atoms with Crippen LogP contribution in [0.4, 0.5) is 10.1 Å². The molecular weight excluding hydrogens is 473 g/mol. The third-order valence-corrected chi connectivity index (χ3v) is 6.20. The van der Waals surface area contributed by atoms with Crippen molar-refractivity contribution in [2.24, 2.45) is 0 Å². The second kappa shape index (κ2) is 11.5. The van der Waals surface area contributed by atoms with Crippen LogP contribution in [0.2, 0.25) is 0 Å². The van der Waals surface area contributed by atoms with Gasteiger partial charge in [-0.2, -0.15) is 0 Å². The van der Waals surface area contributed by atoms with E-state index < -0.39 is 45.8 Å². The molecule has 2 aromatic carbocycles. The molecule has 8 nitrogen and oxygen atoms in total. The normalized spacial score (nSPS) is 12.5. The van der Waals surface area contributed by atoms with Gasteiger partial charge in [0.1, 0.15) is 24.2 Å². The average Bonchev–Trinajstić information content (AvgIpc) is 2.75. The Labute approximate surface area is 207 Å². The van der Waals surface area contributed by atoms with Gasteiger partial charge in [-0.05, 0) is 52.8 Å². The SMILES string of the molecule is CCOc1ccccc1N(CC(=O)N(Cc1ccccc1F)[C@H](C)C(=O)NC(C)(C)C)S(C)(=O)=O. The van der Waals surface area contributed by atoms with Gasteiger partial charge in [0, 0.05) is 17.6 Å². The predicted molar refractivity (Wildman–Crippen MR) is 134 cm³/mol. The summed E-state index contributed by atoms with van der Waals surface area (Å²) in [5, 5.41) is 2.82. The lowest BCUT2D eigenvalue weighted by Crippen LogP contribution is -2.54. The number of nitrogens with zero attached hydrogens (tertiary/aromatic N) is 2. The molecule has 0 heterocycles. The molecule has 0 aliphatic rings. The molecule has 1 N–H and O–H groups in total. The Bertz CT molecular complexity index is 1150. The van der Waals surface area contributed by atoms with Crippen molar-refractivity contribution in [3.63, 3.8) is 0 Å². The van der Waals surface area contributed by atoms with Crippen molar-refractivity contribution in [3.05, 3.63) is 59.9 Å². The molecule has 2 amide bonds. The first-order valence-electron chi connectivity index (χ1n) is 11.3. The topological polar surface area (TPSA) is 96.0 Å². The molecule has 0 radical (unpaired) electrons. The summed E-state index contributed by atoms with van der Waals surface area (Å²) < 4.78 is 46.4. The molecule has 2 rings (SSSR count). The molecule has 2 aromatic rings. The quantitative estimate of drug-likeness (QED) is 0.532. The van der Waals surface area contributed by atoms with E-state index in [1.807, 2.05) is 0 Å². The average molecular weight is 508 g/mol. The number of ether oxygens (including phenoxy) is 1. The number of hydrogen-bond donors (Lipinski definition) is 1. The maximum Gasteiger partial charge on any atom is 0.244 e. The lowest BCUT2D eigenvalue weighted by atomic mass is 10.1. The van der Waals surface area contributed by atoms with Crippen LogP contribution in [-0.4, -0.2) is 56.1 Å². The van der Waals surface area contributed by atoms with Crippen LogP contribution in [0.25, 0.3) is 0 Å². The monoisotopic (exact) mass is 507 g/mol. The van der Waals surface area contributed by atoms with Crippen molar-refractivity contribution < 1.29 is 27.1 Å². The Hall–Kier alpha value is -3.14. The standard InChI is InChI=1S/C25H34FN3O5S/c1-7-34-22-15-11-10-14-21(22)29(35(6,32)33)17-23(30)28(16-19-12-8-9-13-20(19)26)18(2)24(31)27-25(3,4)5/h8-15,18H,7,16-17H2,1-6H3,(H,27,31)/t18-/m1/s1. The van der Waals surface area contributed by atoms with Gasteiger partial charge in [0.05, 0.1) is 18.6 Å². The Morgan fingerprint density at radius 1 is 1.09 bits per heavy atom. The number of carbonyl (C=O) groups is 2. The van der Waals surface area contributed by atoms with E-state index in [-0.39, 0.29) is 17.8 Å². The fraction of sp³-hybridized carbons (Fsp3) is 0.440. The van der Waals surface area contributed by atoms with Crippen LogP contribution in [0.5, 0.6) is 5.75 Å². The van der Waals surface area contributed by atoms with Crippen molar-refractivity contribution >= 4 is 27.5 Å². The number of rotatable bonds is 10. The Morgan fingerprint density at radius 2 is 1.69 bits per heavy atom. The zero-order valence-electron chi connectivity index (χ0n) is 21.0. The van der Waals surface area contributed by atoms with Gasteiger partial charge >= 0.3 is 0 Å².